The van der Waals surface area contributed by atoms with E-state index in [1.165, 1.54) is 22.0 Å². The van der Waals surface area contributed by atoms with Crippen LogP contribution in [0, 0.1) is 3.57 Å². The van der Waals surface area contributed by atoms with Gasteiger partial charge >= 0.3 is 0 Å². The SMILES string of the molecule is ClC1CCCC1NCc1ccc(I)cc1. The summed E-state index contributed by atoms with van der Waals surface area (Å²) in [5.41, 5.74) is 1.34. The molecule has 1 saturated carbocycles. The maximum Gasteiger partial charge on any atom is 0.0489 e. The first-order chi connectivity index (χ1) is 7.25. The second-order valence-electron chi connectivity index (χ2n) is 4.06. The molecule has 82 valence electrons. The van der Waals surface area contributed by atoms with E-state index in [1.54, 1.807) is 0 Å². The molecule has 1 fully saturated rings. The van der Waals surface area contributed by atoms with Gasteiger partial charge in [-0.15, -0.1) is 11.6 Å². The third-order valence-corrected chi connectivity index (χ3v) is 4.15. The molecule has 1 nitrogen and oxygen atoms in total. The van der Waals surface area contributed by atoms with Gasteiger partial charge in [-0.3, -0.25) is 0 Å². The van der Waals surface area contributed by atoms with Gasteiger partial charge in [0.15, 0.2) is 0 Å². The second-order valence-corrected chi connectivity index (χ2v) is 5.87. The molecule has 15 heavy (non-hydrogen) atoms. The third kappa shape index (κ3) is 3.33. The number of nitrogens with one attached hydrogen (secondary N) is 1. The van der Waals surface area contributed by atoms with Crippen molar-refractivity contribution >= 4 is 34.2 Å². The van der Waals surface area contributed by atoms with Crippen molar-refractivity contribution in [2.75, 3.05) is 0 Å². The van der Waals surface area contributed by atoms with Crippen LogP contribution >= 0.6 is 34.2 Å². The Kier molecular flexibility index (Phi) is 4.29. The van der Waals surface area contributed by atoms with Crippen molar-refractivity contribution in [2.45, 2.75) is 37.2 Å². The van der Waals surface area contributed by atoms with Crippen LogP contribution in [0.1, 0.15) is 24.8 Å². The number of hydrogen-bond acceptors (Lipinski definition) is 1. The Balaban J connectivity index is 1.85. The van der Waals surface area contributed by atoms with E-state index in [4.69, 9.17) is 11.6 Å². The smallest absolute Gasteiger partial charge is 0.0489 e. The minimum Gasteiger partial charge on any atom is -0.308 e. The molecule has 1 aromatic rings. The highest BCUT2D eigenvalue weighted by Gasteiger charge is 2.24. The van der Waals surface area contributed by atoms with Crippen molar-refractivity contribution < 1.29 is 0 Å². The number of alkyl halides is 1. The molecule has 0 radical (unpaired) electrons. The molecule has 1 aliphatic rings. The molecule has 2 unspecified atom stereocenters. The lowest BCUT2D eigenvalue weighted by Crippen LogP contribution is -2.32. The summed E-state index contributed by atoms with van der Waals surface area (Å²) >= 11 is 8.53. The van der Waals surface area contributed by atoms with Crippen LogP contribution < -0.4 is 5.32 Å². The first-order valence-electron chi connectivity index (χ1n) is 5.37. The van der Waals surface area contributed by atoms with E-state index in [9.17, 15) is 0 Å². The Labute approximate surface area is 110 Å². The highest BCUT2D eigenvalue weighted by molar-refractivity contribution is 14.1. The molecule has 0 heterocycles. The van der Waals surface area contributed by atoms with E-state index in [1.807, 2.05) is 0 Å². The first kappa shape index (κ1) is 11.7. The zero-order valence-electron chi connectivity index (χ0n) is 8.55. The molecule has 2 atom stereocenters. The van der Waals surface area contributed by atoms with Crippen molar-refractivity contribution in [3.8, 4) is 0 Å². The number of rotatable bonds is 3. The molecule has 2 rings (SSSR count). The average Bonchev–Trinajstić information content (AvgIpc) is 2.63. The van der Waals surface area contributed by atoms with Gasteiger partial charge in [-0.25, -0.2) is 0 Å². The summed E-state index contributed by atoms with van der Waals surface area (Å²) in [5.74, 6) is 0. The van der Waals surface area contributed by atoms with Crippen LogP contribution in [-0.4, -0.2) is 11.4 Å². The molecule has 1 aliphatic carbocycles. The Morgan fingerprint density at radius 1 is 1.27 bits per heavy atom. The van der Waals surface area contributed by atoms with Gasteiger partial charge in [-0.2, -0.15) is 0 Å². The molecule has 0 bridgehead atoms. The monoisotopic (exact) mass is 335 g/mol. The third-order valence-electron chi connectivity index (χ3n) is 2.91. The van der Waals surface area contributed by atoms with E-state index in [2.05, 4.69) is 52.2 Å². The molecule has 0 saturated heterocycles. The van der Waals surface area contributed by atoms with Gasteiger partial charge in [0, 0.05) is 21.5 Å². The minimum atomic E-state index is 0.328. The summed E-state index contributed by atoms with van der Waals surface area (Å²) in [6.45, 7) is 0.935. The zero-order valence-corrected chi connectivity index (χ0v) is 11.5. The topological polar surface area (TPSA) is 12.0 Å². The molecular formula is C12H15ClIN. The summed E-state index contributed by atoms with van der Waals surface area (Å²) in [5, 5.41) is 3.86. The summed E-state index contributed by atoms with van der Waals surface area (Å²) in [4.78, 5) is 0. The van der Waals surface area contributed by atoms with Crippen LogP contribution in [0.2, 0.25) is 0 Å². The number of halogens is 2. The number of hydrogen-bond donors (Lipinski definition) is 1. The van der Waals surface area contributed by atoms with Crippen molar-refractivity contribution in [3.05, 3.63) is 33.4 Å². The first-order valence-corrected chi connectivity index (χ1v) is 6.89. The second kappa shape index (κ2) is 5.51. The van der Waals surface area contributed by atoms with Gasteiger partial charge in [0.2, 0.25) is 0 Å². The van der Waals surface area contributed by atoms with E-state index in [-0.39, 0.29) is 0 Å². The lowest BCUT2D eigenvalue weighted by molar-refractivity contribution is 0.528. The molecule has 1 N–H and O–H groups in total. The van der Waals surface area contributed by atoms with Gasteiger partial charge in [0.05, 0.1) is 0 Å². The molecule has 0 aromatic heterocycles. The predicted octanol–water partition coefficient (Wildman–Crippen LogP) is 3.54. The fourth-order valence-corrected chi connectivity index (χ4v) is 2.72. The van der Waals surface area contributed by atoms with Gasteiger partial charge in [0.1, 0.15) is 0 Å². The van der Waals surface area contributed by atoms with Crippen LogP contribution in [0.5, 0.6) is 0 Å². The Morgan fingerprint density at radius 3 is 2.60 bits per heavy atom. The Bertz CT molecular complexity index is 312. The predicted molar refractivity (Wildman–Crippen MR) is 73.3 cm³/mol. The summed E-state index contributed by atoms with van der Waals surface area (Å²) in [7, 11) is 0. The molecule has 3 heteroatoms. The maximum absolute atomic E-state index is 6.21. The van der Waals surface area contributed by atoms with Crippen LogP contribution in [0.3, 0.4) is 0 Å². The average molecular weight is 336 g/mol. The molecule has 0 amide bonds. The quantitative estimate of drug-likeness (QED) is 0.658. The highest BCUT2D eigenvalue weighted by Crippen LogP contribution is 2.24. The normalized spacial score (nSPS) is 25.7. The lowest BCUT2D eigenvalue weighted by atomic mass is 10.2. The fraction of sp³-hybridized carbons (Fsp3) is 0.500. The van der Waals surface area contributed by atoms with Crippen molar-refractivity contribution in [1.29, 1.82) is 0 Å². The van der Waals surface area contributed by atoms with Crippen LogP contribution in [-0.2, 0) is 6.54 Å². The summed E-state index contributed by atoms with van der Waals surface area (Å²) in [6.07, 6.45) is 3.64. The summed E-state index contributed by atoms with van der Waals surface area (Å²) < 4.78 is 1.28. The number of benzene rings is 1. The molecular weight excluding hydrogens is 320 g/mol. The van der Waals surface area contributed by atoms with Gasteiger partial charge in [-0.1, -0.05) is 18.6 Å². The summed E-state index contributed by atoms with van der Waals surface area (Å²) in [6, 6.07) is 9.14. The van der Waals surface area contributed by atoms with Crippen molar-refractivity contribution in [1.82, 2.24) is 5.32 Å². The zero-order chi connectivity index (χ0) is 10.7. The van der Waals surface area contributed by atoms with E-state index < -0.39 is 0 Å². The van der Waals surface area contributed by atoms with Gasteiger partial charge in [0.25, 0.3) is 0 Å². The highest BCUT2D eigenvalue weighted by atomic mass is 127. The Morgan fingerprint density at radius 2 is 2.00 bits per heavy atom. The lowest BCUT2D eigenvalue weighted by Gasteiger charge is -2.15. The minimum absolute atomic E-state index is 0.328. The van der Waals surface area contributed by atoms with Gasteiger partial charge < -0.3 is 5.32 Å². The van der Waals surface area contributed by atoms with Crippen LogP contribution in [0.4, 0.5) is 0 Å². The largest absolute Gasteiger partial charge is 0.308 e. The van der Waals surface area contributed by atoms with Crippen molar-refractivity contribution in [2.24, 2.45) is 0 Å². The van der Waals surface area contributed by atoms with Crippen LogP contribution in [0.25, 0.3) is 0 Å². The molecule has 1 aromatic carbocycles. The van der Waals surface area contributed by atoms with E-state index >= 15 is 0 Å². The Hall–Kier alpha value is 0.200. The maximum atomic E-state index is 6.21. The van der Waals surface area contributed by atoms with E-state index in [0.717, 1.165) is 13.0 Å². The van der Waals surface area contributed by atoms with E-state index in [0.29, 0.717) is 11.4 Å². The fourth-order valence-electron chi connectivity index (χ4n) is 2.00. The van der Waals surface area contributed by atoms with Crippen molar-refractivity contribution in [3.63, 3.8) is 0 Å². The van der Waals surface area contributed by atoms with Crippen LogP contribution in [0.15, 0.2) is 24.3 Å². The molecule has 0 spiro atoms. The van der Waals surface area contributed by atoms with Gasteiger partial charge in [-0.05, 0) is 53.1 Å². The standard InChI is InChI=1S/C12H15ClIN/c13-11-2-1-3-12(11)15-8-9-4-6-10(14)7-5-9/h4-7,11-12,15H,1-3,8H2. The molecule has 0 aliphatic heterocycles.